The van der Waals surface area contributed by atoms with Crippen molar-refractivity contribution in [2.24, 2.45) is 0 Å². The van der Waals surface area contributed by atoms with Crippen molar-refractivity contribution in [2.75, 3.05) is 13.2 Å². The Morgan fingerprint density at radius 3 is 1.08 bits per heavy atom. The average Bonchev–Trinajstić information content (AvgIpc) is 3.25. The third kappa shape index (κ3) is 48.0. The molecule has 0 rings (SSSR count). The van der Waals surface area contributed by atoms with Gasteiger partial charge in [0, 0.05) is 12.8 Å². The molecule has 346 valence electrons. The molecule has 0 aromatic heterocycles. The van der Waals surface area contributed by atoms with Crippen LogP contribution in [0.2, 0.25) is 0 Å². The van der Waals surface area contributed by atoms with Crippen LogP contribution in [0.25, 0.3) is 0 Å². The molecule has 0 aliphatic rings. The third-order valence-corrected chi connectivity index (χ3v) is 11.0. The monoisotopic (exact) mass is 837 g/mol. The summed E-state index contributed by atoms with van der Waals surface area (Å²) in [6.07, 6.45) is 68.5. The smallest absolute Gasteiger partial charge is 0.306 e. The van der Waals surface area contributed by atoms with Crippen LogP contribution >= 0.6 is 0 Å². The van der Waals surface area contributed by atoms with Gasteiger partial charge in [0.05, 0.1) is 6.61 Å². The van der Waals surface area contributed by atoms with Gasteiger partial charge in [-0.05, 0) is 83.5 Å². The number of hydrogen-bond donors (Lipinski definition) is 1. The SMILES string of the molecule is CC/C=C\C/C=C\C/C=C\C/C=C\CCCCCCCCCCCCCCCCC(=O)OC(CO)COC(=O)CCCCCCCCCCC/C=C\C/C=C\CCCCC. The highest BCUT2D eigenvalue weighted by molar-refractivity contribution is 5.70. The number of rotatable bonds is 46. The number of esters is 2. The molecule has 1 atom stereocenters. The lowest BCUT2D eigenvalue weighted by molar-refractivity contribution is -0.161. The number of carbonyl (C=O) groups is 2. The summed E-state index contributed by atoms with van der Waals surface area (Å²) in [7, 11) is 0. The summed E-state index contributed by atoms with van der Waals surface area (Å²) in [5.41, 5.74) is 0. The molecule has 5 nitrogen and oxygen atoms in total. The van der Waals surface area contributed by atoms with Crippen molar-refractivity contribution in [3.05, 3.63) is 72.9 Å². The van der Waals surface area contributed by atoms with E-state index in [1.54, 1.807) is 0 Å². The zero-order valence-corrected chi connectivity index (χ0v) is 39.5. The van der Waals surface area contributed by atoms with Crippen molar-refractivity contribution in [1.82, 2.24) is 0 Å². The normalized spacial score (nSPS) is 12.8. The van der Waals surface area contributed by atoms with E-state index >= 15 is 0 Å². The summed E-state index contributed by atoms with van der Waals surface area (Å²) in [5, 5.41) is 9.63. The van der Waals surface area contributed by atoms with E-state index in [2.05, 4.69) is 86.8 Å². The van der Waals surface area contributed by atoms with Gasteiger partial charge in [0.25, 0.3) is 0 Å². The number of ether oxygens (including phenoxy) is 2. The number of hydrogen-bond acceptors (Lipinski definition) is 5. The Kier molecular flexibility index (Phi) is 48.4. The van der Waals surface area contributed by atoms with Gasteiger partial charge in [0.15, 0.2) is 6.10 Å². The molecule has 0 aromatic carbocycles. The molecule has 0 aromatic rings. The molecular weight excluding hydrogens is 741 g/mol. The molecule has 0 heterocycles. The van der Waals surface area contributed by atoms with Gasteiger partial charge in [0.1, 0.15) is 6.61 Å². The minimum Gasteiger partial charge on any atom is -0.462 e. The minimum absolute atomic E-state index is 0.0692. The molecule has 0 amide bonds. The van der Waals surface area contributed by atoms with Crippen LogP contribution in [0.4, 0.5) is 0 Å². The highest BCUT2D eigenvalue weighted by atomic mass is 16.6. The minimum atomic E-state index is -0.777. The van der Waals surface area contributed by atoms with E-state index in [-0.39, 0.29) is 25.2 Å². The van der Waals surface area contributed by atoms with E-state index in [9.17, 15) is 14.7 Å². The number of unbranched alkanes of at least 4 members (excludes halogenated alkanes) is 26. The fourth-order valence-electron chi connectivity index (χ4n) is 7.17. The predicted molar refractivity (Wildman–Crippen MR) is 260 cm³/mol. The Labute approximate surface area is 372 Å². The highest BCUT2D eigenvalue weighted by Crippen LogP contribution is 2.15. The molecule has 0 aliphatic heterocycles. The Morgan fingerprint density at radius 2 is 0.717 bits per heavy atom. The first-order valence-electron chi connectivity index (χ1n) is 25.5. The lowest BCUT2D eigenvalue weighted by Gasteiger charge is -2.15. The van der Waals surface area contributed by atoms with Crippen LogP contribution in [-0.2, 0) is 19.1 Å². The fourth-order valence-corrected chi connectivity index (χ4v) is 7.17. The van der Waals surface area contributed by atoms with Gasteiger partial charge in [-0.25, -0.2) is 0 Å². The van der Waals surface area contributed by atoms with Gasteiger partial charge in [-0.15, -0.1) is 0 Å². The Balaban J connectivity index is 3.50. The molecule has 0 radical (unpaired) electrons. The number of allylic oxidation sites excluding steroid dienone is 12. The molecule has 0 spiro atoms. The maximum absolute atomic E-state index is 12.3. The number of carbonyl (C=O) groups excluding carboxylic acids is 2. The largest absolute Gasteiger partial charge is 0.462 e. The first-order chi connectivity index (χ1) is 29.6. The van der Waals surface area contributed by atoms with Gasteiger partial charge in [-0.3, -0.25) is 9.59 Å². The molecule has 1 N–H and O–H groups in total. The molecule has 1 unspecified atom stereocenters. The molecular formula is C55H96O5. The van der Waals surface area contributed by atoms with E-state index in [4.69, 9.17) is 9.47 Å². The lowest BCUT2D eigenvalue weighted by atomic mass is 10.0. The topological polar surface area (TPSA) is 72.8 Å². The molecule has 0 saturated carbocycles. The summed E-state index contributed by atoms with van der Waals surface area (Å²) in [6, 6.07) is 0. The van der Waals surface area contributed by atoms with Crippen molar-refractivity contribution in [3.8, 4) is 0 Å². The van der Waals surface area contributed by atoms with Gasteiger partial charge < -0.3 is 14.6 Å². The average molecular weight is 837 g/mol. The van der Waals surface area contributed by atoms with Crippen LogP contribution in [0, 0.1) is 0 Å². The zero-order chi connectivity index (χ0) is 43.5. The van der Waals surface area contributed by atoms with Crippen molar-refractivity contribution < 1.29 is 24.2 Å². The Hall–Kier alpha value is -2.66. The standard InChI is InChI=1S/C55H96O5/c1-3-5-7-9-11-13-15-17-19-21-23-24-25-26-27-28-29-30-32-34-36-38-40-42-44-46-48-50-55(58)60-53(51-56)52-59-54(57)49-47-45-43-41-39-37-35-33-31-22-20-18-16-14-12-10-8-6-4-2/h5,7,11-14,17-20,23-24,53,56H,3-4,6,8-10,15-16,21-22,25-52H2,1-2H3/b7-5-,13-11-,14-12-,19-17-,20-18-,24-23-. The number of aliphatic hydroxyl groups is 1. The third-order valence-electron chi connectivity index (χ3n) is 11.0. The maximum Gasteiger partial charge on any atom is 0.306 e. The van der Waals surface area contributed by atoms with Crippen LogP contribution in [0.3, 0.4) is 0 Å². The van der Waals surface area contributed by atoms with Crippen LogP contribution < -0.4 is 0 Å². The second-order valence-electron chi connectivity index (χ2n) is 16.9. The number of aliphatic hydroxyl groups excluding tert-OH is 1. The van der Waals surface area contributed by atoms with E-state index in [0.29, 0.717) is 12.8 Å². The van der Waals surface area contributed by atoms with E-state index < -0.39 is 6.10 Å². The van der Waals surface area contributed by atoms with Gasteiger partial charge in [-0.2, -0.15) is 0 Å². The van der Waals surface area contributed by atoms with Gasteiger partial charge >= 0.3 is 11.9 Å². The van der Waals surface area contributed by atoms with Gasteiger partial charge in [-0.1, -0.05) is 222 Å². The molecule has 5 heteroatoms. The maximum atomic E-state index is 12.3. The Bertz CT molecular complexity index is 1080. The van der Waals surface area contributed by atoms with Crippen LogP contribution in [0.1, 0.15) is 245 Å². The first kappa shape index (κ1) is 57.3. The van der Waals surface area contributed by atoms with Crippen molar-refractivity contribution >= 4 is 11.9 Å². The summed E-state index contributed by atoms with van der Waals surface area (Å²) < 4.78 is 10.7. The zero-order valence-electron chi connectivity index (χ0n) is 39.5. The van der Waals surface area contributed by atoms with E-state index in [1.165, 1.54) is 148 Å². The highest BCUT2D eigenvalue weighted by Gasteiger charge is 2.16. The second-order valence-corrected chi connectivity index (χ2v) is 16.9. The van der Waals surface area contributed by atoms with Crippen molar-refractivity contribution in [1.29, 1.82) is 0 Å². The molecule has 0 aliphatic carbocycles. The van der Waals surface area contributed by atoms with Gasteiger partial charge in [0.2, 0.25) is 0 Å². The van der Waals surface area contributed by atoms with Crippen molar-refractivity contribution in [2.45, 2.75) is 251 Å². The quantitative estimate of drug-likeness (QED) is 0.0376. The summed E-state index contributed by atoms with van der Waals surface area (Å²) in [5.74, 6) is -0.592. The summed E-state index contributed by atoms with van der Waals surface area (Å²) in [6.45, 7) is 4.01. The van der Waals surface area contributed by atoms with Crippen LogP contribution in [0.5, 0.6) is 0 Å². The molecule has 0 fully saturated rings. The molecule has 0 saturated heterocycles. The lowest BCUT2D eigenvalue weighted by Crippen LogP contribution is -2.28. The first-order valence-corrected chi connectivity index (χ1v) is 25.5. The summed E-state index contributed by atoms with van der Waals surface area (Å²) >= 11 is 0. The summed E-state index contributed by atoms with van der Waals surface area (Å²) in [4.78, 5) is 24.5. The predicted octanol–water partition coefficient (Wildman–Crippen LogP) is 16.9. The van der Waals surface area contributed by atoms with E-state index in [1.807, 2.05) is 0 Å². The van der Waals surface area contributed by atoms with Crippen LogP contribution in [0.15, 0.2) is 72.9 Å². The Morgan fingerprint density at radius 1 is 0.400 bits per heavy atom. The second kappa shape index (κ2) is 50.7. The van der Waals surface area contributed by atoms with E-state index in [0.717, 1.165) is 70.6 Å². The van der Waals surface area contributed by atoms with Crippen molar-refractivity contribution in [3.63, 3.8) is 0 Å². The molecule has 0 bridgehead atoms. The molecule has 60 heavy (non-hydrogen) atoms. The fraction of sp³-hybridized carbons (Fsp3) is 0.745. The van der Waals surface area contributed by atoms with Crippen LogP contribution in [-0.4, -0.2) is 36.4 Å².